The molecule has 1 aliphatic rings. The second-order valence-electron chi connectivity index (χ2n) is 4.06. The van der Waals surface area contributed by atoms with Gasteiger partial charge in [0.05, 0.1) is 18.5 Å². The van der Waals surface area contributed by atoms with Gasteiger partial charge >= 0.3 is 0 Å². The maximum absolute atomic E-state index is 13.5. The highest BCUT2D eigenvalue weighted by molar-refractivity contribution is 5.74. The molecule has 16 heavy (non-hydrogen) atoms. The highest BCUT2D eigenvalue weighted by Gasteiger charge is 2.23. The van der Waals surface area contributed by atoms with Crippen molar-refractivity contribution in [3.05, 3.63) is 17.9 Å². The zero-order chi connectivity index (χ0) is 11.7. The molecule has 1 N–H and O–H groups in total. The van der Waals surface area contributed by atoms with E-state index in [-0.39, 0.29) is 5.82 Å². The van der Waals surface area contributed by atoms with Crippen LogP contribution >= 0.6 is 0 Å². The first-order valence-electron chi connectivity index (χ1n) is 5.51. The van der Waals surface area contributed by atoms with Crippen LogP contribution in [0, 0.1) is 5.82 Å². The average molecular weight is 224 g/mol. The summed E-state index contributed by atoms with van der Waals surface area (Å²) < 4.78 is 18.5. The van der Waals surface area contributed by atoms with Crippen LogP contribution in [0.25, 0.3) is 0 Å². The van der Waals surface area contributed by atoms with Crippen molar-refractivity contribution in [1.82, 2.24) is 0 Å². The van der Waals surface area contributed by atoms with Gasteiger partial charge in [0.25, 0.3) is 0 Å². The molecule has 88 valence electrons. The van der Waals surface area contributed by atoms with Crippen LogP contribution in [0.3, 0.4) is 0 Å². The van der Waals surface area contributed by atoms with Gasteiger partial charge in [-0.05, 0) is 6.42 Å². The number of ether oxygens (including phenoxy) is 1. The number of benzene rings is 1. The molecule has 0 amide bonds. The third kappa shape index (κ3) is 1.68. The largest absolute Gasteiger partial charge is 0.494 e. The summed E-state index contributed by atoms with van der Waals surface area (Å²) in [5.41, 5.74) is 1.84. The topological polar surface area (TPSA) is 24.5 Å². The average Bonchev–Trinajstić information content (AvgIpc) is 2.29. The first-order chi connectivity index (χ1) is 7.67. The molecule has 4 heteroatoms. The number of likely N-dealkylation sites (N-methyl/N-ethyl adjacent to an activating group) is 1. The van der Waals surface area contributed by atoms with E-state index >= 15 is 0 Å². The van der Waals surface area contributed by atoms with Crippen LogP contribution in [0.5, 0.6) is 5.75 Å². The highest BCUT2D eigenvalue weighted by Crippen LogP contribution is 2.36. The van der Waals surface area contributed by atoms with Crippen LogP contribution in [0.1, 0.15) is 13.3 Å². The summed E-state index contributed by atoms with van der Waals surface area (Å²) in [6.45, 7) is 3.00. The summed E-state index contributed by atoms with van der Waals surface area (Å²) in [6.07, 6.45) is 1.06. The first kappa shape index (κ1) is 11.0. The molecule has 1 heterocycles. The number of fused-ring (bicyclic) bond motifs is 1. The fourth-order valence-corrected chi connectivity index (χ4v) is 2.11. The Labute approximate surface area is 95.2 Å². The Morgan fingerprint density at radius 2 is 2.31 bits per heavy atom. The second kappa shape index (κ2) is 4.20. The Morgan fingerprint density at radius 3 is 2.94 bits per heavy atom. The summed E-state index contributed by atoms with van der Waals surface area (Å²) in [4.78, 5) is 2.17. The van der Waals surface area contributed by atoms with Crippen LogP contribution < -0.4 is 15.0 Å². The number of hydrogen-bond acceptors (Lipinski definition) is 3. The predicted molar refractivity (Wildman–Crippen MR) is 63.9 cm³/mol. The van der Waals surface area contributed by atoms with E-state index in [4.69, 9.17) is 4.74 Å². The summed E-state index contributed by atoms with van der Waals surface area (Å²) in [6, 6.07) is 3.69. The van der Waals surface area contributed by atoms with Crippen LogP contribution in [0.4, 0.5) is 15.8 Å². The third-order valence-corrected chi connectivity index (χ3v) is 3.20. The molecule has 0 aliphatic carbocycles. The molecule has 2 rings (SSSR count). The molecular formula is C12H17FN2O. The first-order valence-corrected chi connectivity index (χ1v) is 5.51. The minimum atomic E-state index is -0.322. The van der Waals surface area contributed by atoms with Gasteiger partial charge in [0.15, 0.2) is 11.6 Å². The molecule has 0 radical (unpaired) electrons. The lowest BCUT2D eigenvalue weighted by atomic mass is 10.1. The van der Waals surface area contributed by atoms with Crippen molar-refractivity contribution in [3.8, 4) is 5.75 Å². The van der Waals surface area contributed by atoms with Crippen LogP contribution in [0.15, 0.2) is 12.1 Å². The molecule has 0 aromatic heterocycles. The van der Waals surface area contributed by atoms with Gasteiger partial charge in [0.2, 0.25) is 0 Å². The number of anilines is 2. The Kier molecular flexibility index (Phi) is 2.90. The lowest BCUT2D eigenvalue weighted by Crippen LogP contribution is -2.41. The van der Waals surface area contributed by atoms with E-state index in [0.29, 0.717) is 11.8 Å². The molecule has 0 saturated carbocycles. The molecular weight excluding hydrogens is 207 g/mol. The Bertz CT molecular complexity index is 395. The molecule has 1 aliphatic heterocycles. The molecule has 0 bridgehead atoms. The second-order valence-corrected chi connectivity index (χ2v) is 4.06. The van der Waals surface area contributed by atoms with Gasteiger partial charge in [-0.25, -0.2) is 4.39 Å². The fourth-order valence-electron chi connectivity index (χ4n) is 2.11. The van der Waals surface area contributed by atoms with Crippen molar-refractivity contribution in [2.24, 2.45) is 0 Å². The summed E-state index contributed by atoms with van der Waals surface area (Å²) >= 11 is 0. The zero-order valence-electron chi connectivity index (χ0n) is 9.88. The smallest absolute Gasteiger partial charge is 0.167 e. The van der Waals surface area contributed by atoms with Gasteiger partial charge in [0, 0.05) is 31.8 Å². The number of nitrogens with zero attached hydrogens (tertiary/aromatic N) is 1. The molecule has 1 unspecified atom stereocenters. The van der Waals surface area contributed by atoms with Gasteiger partial charge < -0.3 is 15.0 Å². The summed E-state index contributed by atoms with van der Waals surface area (Å²) in [7, 11) is 3.52. The highest BCUT2D eigenvalue weighted by atomic mass is 19.1. The van der Waals surface area contributed by atoms with Crippen LogP contribution in [-0.4, -0.2) is 26.7 Å². The lowest BCUT2D eigenvalue weighted by Gasteiger charge is -2.36. The van der Waals surface area contributed by atoms with Crippen molar-refractivity contribution in [1.29, 1.82) is 0 Å². The van der Waals surface area contributed by atoms with E-state index in [0.717, 1.165) is 24.3 Å². The Hall–Kier alpha value is -1.45. The van der Waals surface area contributed by atoms with E-state index in [2.05, 4.69) is 17.1 Å². The molecule has 1 aromatic carbocycles. The number of methoxy groups -OCH3 is 1. The monoisotopic (exact) mass is 224 g/mol. The maximum atomic E-state index is 13.5. The van der Waals surface area contributed by atoms with E-state index in [1.165, 1.54) is 13.2 Å². The quantitative estimate of drug-likeness (QED) is 0.835. The molecule has 3 nitrogen and oxygen atoms in total. The van der Waals surface area contributed by atoms with Crippen molar-refractivity contribution >= 4 is 11.4 Å². The number of nitrogens with one attached hydrogen (secondary N) is 1. The number of hydrogen-bond donors (Lipinski definition) is 1. The third-order valence-electron chi connectivity index (χ3n) is 3.20. The van der Waals surface area contributed by atoms with Gasteiger partial charge in [0.1, 0.15) is 0 Å². The standard InChI is InChI=1S/C12H17FN2O/c1-4-8-7-14-10-5-9(13)12(16-3)6-11(10)15(8)2/h5-6,8,14H,4,7H2,1-3H3. The van der Waals surface area contributed by atoms with Crippen molar-refractivity contribution < 1.29 is 9.13 Å². The predicted octanol–water partition coefficient (Wildman–Crippen LogP) is 2.47. The lowest BCUT2D eigenvalue weighted by molar-refractivity contribution is 0.386. The van der Waals surface area contributed by atoms with Crippen LogP contribution in [-0.2, 0) is 0 Å². The van der Waals surface area contributed by atoms with Gasteiger partial charge in [-0.15, -0.1) is 0 Å². The molecule has 0 spiro atoms. The van der Waals surface area contributed by atoms with Gasteiger partial charge in [-0.3, -0.25) is 0 Å². The maximum Gasteiger partial charge on any atom is 0.167 e. The van der Waals surface area contributed by atoms with E-state index < -0.39 is 0 Å². The number of halogens is 1. The summed E-state index contributed by atoms with van der Waals surface area (Å²) in [5, 5.41) is 3.25. The molecule has 0 fully saturated rings. The van der Waals surface area contributed by atoms with E-state index in [9.17, 15) is 4.39 Å². The Morgan fingerprint density at radius 1 is 1.56 bits per heavy atom. The van der Waals surface area contributed by atoms with E-state index in [1.54, 1.807) is 6.07 Å². The van der Waals surface area contributed by atoms with Crippen molar-refractivity contribution in [3.63, 3.8) is 0 Å². The normalized spacial score (nSPS) is 19.0. The minimum absolute atomic E-state index is 0.296. The fraction of sp³-hybridized carbons (Fsp3) is 0.500. The molecule has 0 saturated heterocycles. The summed E-state index contributed by atoms with van der Waals surface area (Å²) in [5.74, 6) is -0.0266. The minimum Gasteiger partial charge on any atom is -0.494 e. The Balaban J connectivity index is 2.42. The number of rotatable bonds is 2. The van der Waals surface area contributed by atoms with E-state index in [1.807, 2.05) is 7.05 Å². The SMILES string of the molecule is CCC1CNc2cc(F)c(OC)cc2N1C. The van der Waals surface area contributed by atoms with Crippen molar-refractivity contribution in [2.75, 3.05) is 30.9 Å². The molecule has 1 aromatic rings. The van der Waals surface area contributed by atoms with Crippen LogP contribution in [0.2, 0.25) is 0 Å². The van der Waals surface area contributed by atoms with Gasteiger partial charge in [-0.1, -0.05) is 6.92 Å². The molecule has 1 atom stereocenters. The zero-order valence-corrected chi connectivity index (χ0v) is 9.88. The van der Waals surface area contributed by atoms with Gasteiger partial charge in [-0.2, -0.15) is 0 Å². The van der Waals surface area contributed by atoms with Crippen molar-refractivity contribution in [2.45, 2.75) is 19.4 Å².